The number of hydrogen-bond donors (Lipinski definition) is 1. The number of oxazole rings is 1. The number of anilines is 1. The van der Waals surface area contributed by atoms with E-state index in [0.717, 1.165) is 5.52 Å². The summed E-state index contributed by atoms with van der Waals surface area (Å²) in [7, 11) is 0. The molecule has 0 fully saturated rings. The van der Waals surface area contributed by atoms with Crippen LogP contribution in [0.5, 0.6) is 0 Å². The number of halogens is 1. The molecule has 1 heterocycles. The Morgan fingerprint density at radius 3 is 2.74 bits per heavy atom. The summed E-state index contributed by atoms with van der Waals surface area (Å²) in [5, 5.41) is 3.90. The van der Waals surface area contributed by atoms with Gasteiger partial charge >= 0.3 is 6.01 Å². The maximum absolute atomic E-state index is 13.3. The van der Waals surface area contributed by atoms with E-state index in [-0.39, 0.29) is 11.8 Å². The zero-order chi connectivity index (χ0) is 13.1. The van der Waals surface area contributed by atoms with Crippen molar-refractivity contribution < 1.29 is 8.81 Å². The first-order valence-corrected chi connectivity index (χ1v) is 5.72. The molecule has 4 nitrogen and oxygen atoms in total. The van der Waals surface area contributed by atoms with E-state index in [1.54, 1.807) is 18.2 Å². The lowest BCUT2D eigenvalue weighted by molar-refractivity contribution is 0.616. The van der Waals surface area contributed by atoms with Crippen LogP contribution in [-0.4, -0.2) is 11.2 Å². The summed E-state index contributed by atoms with van der Waals surface area (Å²) in [6, 6.07) is 14.0. The van der Waals surface area contributed by atoms with Crippen LogP contribution in [0.1, 0.15) is 5.56 Å². The smallest absolute Gasteiger partial charge is 0.316 e. The Morgan fingerprint density at radius 2 is 1.89 bits per heavy atom. The summed E-state index contributed by atoms with van der Waals surface area (Å²) in [5.74, 6) is -0.328. The molecular weight excluding hydrogens is 245 g/mol. The van der Waals surface area contributed by atoms with Gasteiger partial charge in [-0.3, -0.25) is 0 Å². The standard InChI is InChI=1S/C14H10FN3O/c15-11-6-2-1-5-10(11)9-16-18-14-17-12-7-3-4-8-13(12)19-14/h1-9H,(H,17,18). The van der Waals surface area contributed by atoms with Crippen LogP contribution in [0.3, 0.4) is 0 Å². The molecule has 1 aromatic heterocycles. The van der Waals surface area contributed by atoms with Crippen LogP contribution in [0.25, 0.3) is 11.1 Å². The van der Waals surface area contributed by atoms with Crippen molar-refractivity contribution in [2.24, 2.45) is 5.10 Å². The van der Waals surface area contributed by atoms with Crippen LogP contribution in [0.4, 0.5) is 10.4 Å². The molecule has 3 rings (SSSR count). The first-order valence-electron chi connectivity index (χ1n) is 5.72. The average Bonchev–Trinajstić information content (AvgIpc) is 2.83. The summed E-state index contributed by atoms with van der Waals surface area (Å²) >= 11 is 0. The quantitative estimate of drug-likeness (QED) is 0.576. The second-order valence-corrected chi connectivity index (χ2v) is 3.88. The molecule has 1 N–H and O–H groups in total. The monoisotopic (exact) mass is 255 g/mol. The van der Waals surface area contributed by atoms with E-state index in [1.165, 1.54) is 12.3 Å². The largest absolute Gasteiger partial charge is 0.422 e. The van der Waals surface area contributed by atoms with Crippen molar-refractivity contribution in [1.82, 2.24) is 4.98 Å². The number of nitrogens with one attached hydrogen (secondary N) is 1. The highest BCUT2D eigenvalue weighted by molar-refractivity contribution is 5.80. The number of para-hydroxylation sites is 2. The second kappa shape index (κ2) is 4.89. The van der Waals surface area contributed by atoms with Crippen LogP contribution in [-0.2, 0) is 0 Å². The molecule has 2 aromatic carbocycles. The first kappa shape index (κ1) is 11.4. The molecule has 0 saturated carbocycles. The highest BCUT2D eigenvalue weighted by Gasteiger charge is 2.02. The second-order valence-electron chi connectivity index (χ2n) is 3.88. The summed E-state index contributed by atoms with van der Waals surface area (Å²) in [6.07, 6.45) is 1.38. The van der Waals surface area contributed by atoms with E-state index < -0.39 is 0 Å². The summed E-state index contributed by atoms with van der Waals surface area (Å²) in [4.78, 5) is 4.18. The minimum Gasteiger partial charge on any atom is -0.422 e. The van der Waals surface area contributed by atoms with Gasteiger partial charge in [-0.1, -0.05) is 30.3 Å². The van der Waals surface area contributed by atoms with Crippen LogP contribution in [0.15, 0.2) is 58.0 Å². The van der Waals surface area contributed by atoms with E-state index in [0.29, 0.717) is 11.1 Å². The number of hydrazone groups is 1. The third-order valence-electron chi connectivity index (χ3n) is 2.56. The third kappa shape index (κ3) is 2.44. The van der Waals surface area contributed by atoms with Gasteiger partial charge in [-0.25, -0.2) is 9.82 Å². The van der Waals surface area contributed by atoms with Crippen LogP contribution < -0.4 is 5.43 Å². The molecule has 0 radical (unpaired) electrons. The normalized spacial score (nSPS) is 11.2. The first-order chi connectivity index (χ1) is 9.33. The minimum atomic E-state index is -0.328. The molecule has 19 heavy (non-hydrogen) atoms. The van der Waals surface area contributed by atoms with Crippen molar-refractivity contribution in [2.75, 3.05) is 5.43 Å². The molecule has 0 spiro atoms. The summed E-state index contributed by atoms with van der Waals surface area (Å²) < 4.78 is 18.7. The zero-order valence-corrected chi connectivity index (χ0v) is 9.88. The Kier molecular flexibility index (Phi) is 2.94. The molecule has 94 valence electrons. The molecule has 0 bridgehead atoms. The lowest BCUT2D eigenvalue weighted by atomic mass is 10.2. The van der Waals surface area contributed by atoms with E-state index in [2.05, 4.69) is 15.5 Å². The lowest BCUT2D eigenvalue weighted by Crippen LogP contribution is -1.92. The Morgan fingerprint density at radius 1 is 1.11 bits per heavy atom. The van der Waals surface area contributed by atoms with Gasteiger partial charge < -0.3 is 4.42 Å². The number of nitrogens with zero attached hydrogens (tertiary/aromatic N) is 2. The van der Waals surface area contributed by atoms with Gasteiger partial charge in [-0.05, 0) is 18.2 Å². The van der Waals surface area contributed by atoms with Crippen molar-refractivity contribution in [2.45, 2.75) is 0 Å². The third-order valence-corrected chi connectivity index (χ3v) is 2.56. The number of hydrogen-bond acceptors (Lipinski definition) is 4. The number of rotatable bonds is 3. The predicted octanol–water partition coefficient (Wildman–Crippen LogP) is 3.41. The van der Waals surface area contributed by atoms with E-state index in [4.69, 9.17) is 4.42 Å². The summed E-state index contributed by atoms with van der Waals surface area (Å²) in [5.41, 5.74) is 4.44. The maximum atomic E-state index is 13.3. The average molecular weight is 255 g/mol. The van der Waals surface area contributed by atoms with E-state index in [1.807, 2.05) is 24.3 Å². The highest BCUT2D eigenvalue weighted by atomic mass is 19.1. The zero-order valence-electron chi connectivity index (χ0n) is 9.88. The SMILES string of the molecule is Fc1ccccc1C=NNc1nc2ccccc2o1. The van der Waals surface area contributed by atoms with Gasteiger partial charge in [0, 0.05) is 5.56 Å². The van der Waals surface area contributed by atoms with Crippen molar-refractivity contribution in [3.05, 3.63) is 59.9 Å². The van der Waals surface area contributed by atoms with Gasteiger partial charge in [0.05, 0.1) is 6.21 Å². The lowest BCUT2D eigenvalue weighted by Gasteiger charge is -1.94. The number of benzene rings is 2. The van der Waals surface area contributed by atoms with Crippen molar-refractivity contribution >= 4 is 23.3 Å². The Labute approximate surface area is 108 Å². The van der Waals surface area contributed by atoms with E-state index >= 15 is 0 Å². The molecule has 0 aliphatic rings. The van der Waals surface area contributed by atoms with Crippen LogP contribution in [0.2, 0.25) is 0 Å². The Hall–Kier alpha value is -2.69. The van der Waals surface area contributed by atoms with Gasteiger partial charge in [-0.15, -0.1) is 0 Å². The molecule has 0 amide bonds. The molecule has 3 aromatic rings. The van der Waals surface area contributed by atoms with Gasteiger partial charge in [0.2, 0.25) is 0 Å². The van der Waals surface area contributed by atoms with Crippen molar-refractivity contribution in [3.63, 3.8) is 0 Å². The molecule has 0 aliphatic heterocycles. The van der Waals surface area contributed by atoms with Gasteiger partial charge in [0.25, 0.3) is 0 Å². The van der Waals surface area contributed by atoms with Crippen molar-refractivity contribution in [3.8, 4) is 0 Å². The summed E-state index contributed by atoms with van der Waals surface area (Å²) in [6.45, 7) is 0. The van der Waals surface area contributed by atoms with Gasteiger partial charge in [-0.2, -0.15) is 10.1 Å². The number of fused-ring (bicyclic) bond motifs is 1. The van der Waals surface area contributed by atoms with Crippen molar-refractivity contribution in [1.29, 1.82) is 0 Å². The fourth-order valence-corrected chi connectivity index (χ4v) is 1.66. The topological polar surface area (TPSA) is 50.4 Å². The predicted molar refractivity (Wildman–Crippen MR) is 71.6 cm³/mol. The molecule has 5 heteroatoms. The van der Waals surface area contributed by atoms with Crippen LogP contribution in [0, 0.1) is 5.82 Å². The Bertz CT molecular complexity index is 703. The number of aromatic nitrogens is 1. The fraction of sp³-hybridized carbons (Fsp3) is 0. The molecular formula is C14H10FN3O. The van der Waals surface area contributed by atoms with Gasteiger partial charge in [0.15, 0.2) is 5.58 Å². The van der Waals surface area contributed by atoms with Crippen LogP contribution >= 0.6 is 0 Å². The highest BCUT2D eigenvalue weighted by Crippen LogP contribution is 2.17. The molecule has 0 atom stereocenters. The molecule has 0 saturated heterocycles. The van der Waals surface area contributed by atoms with Gasteiger partial charge in [0.1, 0.15) is 11.3 Å². The molecule has 0 unspecified atom stereocenters. The maximum Gasteiger partial charge on any atom is 0.316 e. The van der Waals surface area contributed by atoms with E-state index in [9.17, 15) is 4.39 Å². The Balaban J connectivity index is 1.77. The molecule has 0 aliphatic carbocycles. The minimum absolute atomic E-state index is 0.272. The fourth-order valence-electron chi connectivity index (χ4n) is 1.66.